The van der Waals surface area contributed by atoms with E-state index in [2.05, 4.69) is 5.10 Å². The molecule has 0 unspecified atom stereocenters. The van der Waals surface area contributed by atoms with E-state index in [1.807, 2.05) is 13.8 Å². The van der Waals surface area contributed by atoms with Crippen LogP contribution < -0.4 is 5.43 Å². The molecule has 0 aliphatic carbocycles. The first-order chi connectivity index (χ1) is 8.54. The van der Waals surface area contributed by atoms with Crippen molar-refractivity contribution in [2.45, 2.75) is 26.3 Å². The van der Waals surface area contributed by atoms with Gasteiger partial charge in [0, 0.05) is 29.5 Å². The first-order valence-corrected chi connectivity index (χ1v) is 6.24. The van der Waals surface area contributed by atoms with E-state index >= 15 is 0 Å². The Morgan fingerprint density at radius 1 is 1.44 bits per heavy atom. The second-order valence-corrected chi connectivity index (χ2v) is 4.89. The van der Waals surface area contributed by atoms with Gasteiger partial charge in [0.25, 0.3) is 0 Å². The SMILES string of the molecule is CC(C)n1nc(CCO)c(=O)c2ccc(Cl)cc21. The van der Waals surface area contributed by atoms with Crippen molar-refractivity contribution in [1.82, 2.24) is 9.78 Å². The Kier molecular flexibility index (Phi) is 3.68. The molecule has 0 bridgehead atoms. The summed E-state index contributed by atoms with van der Waals surface area (Å²) in [6, 6.07) is 5.26. The highest BCUT2D eigenvalue weighted by atomic mass is 35.5. The number of hydrogen-bond donors (Lipinski definition) is 1. The fourth-order valence-corrected chi connectivity index (χ4v) is 2.10. The number of aliphatic hydroxyl groups is 1. The van der Waals surface area contributed by atoms with E-state index in [-0.39, 0.29) is 24.5 Å². The monoisotopic (exact) mass is 266 g/mol. The van der Waals surface area contributed by atoms with E-state index in [9.17, 15) is 4.79 Å². The van der Waals surface area contributed by atoms with E-state index in [4.69, 9.17) is 16.7 Å². The summed E-state index contributed by atoms with van der Waals surface area (Å²) in [4.78, 5) is 12.2. The van der Waals surface area contributed by atoms with Gasteiger partial charge >= 0.3 is 0 Å². The maximum atomic E-state index is 12.2. The maximum absolute atomic E-state index is 12.2. The fraction of sp³-hybridized carbons (Fsp3) is 0.385. The third-order valence-corrected chi connectivity index (χ3v) is 3.01. The van der Waals surface area contributed by atoms with Crippen molar-refractivity contribution in [2.75, 3.05) is 6.61 Å². The first-order valence-electron chi connectivity index (χ1n) is 5.86. The Bertz CT molecular complexity index is 635. The smallest absolute Gasteiger partial charge is 0.211 e. The summed E-state index contributed by atoms with van der Waals surface area (Å²) < 4.78 is 1.77. The molecule has 18 heavy (non-hydrogen) atoms. The van der Waals surface area contributed by atoms with Gasteiger partial charge in [-0.25, -0.2) is 0 Å². The van der Waals surface area contributed by atoms with Crippen LogP contribution in [0, 0.1) is 0 Å². The zero-order valence-electron chi connectivity index (χ0n) is 10.4. The summed E-state index contributed by atoms with van der Waals surface area (Å²) in [6.07, 6.45) is 0.268. The summed E-state index contributed by atoms with van der Waals surface area (Å²) in [5.74, 6) is 0. The highest BCUT2D eigenvalue weighted by molar-refractivity contribution is 6.31. The molecule has 0 aliphatic heterocycles. The van der Waals surface area contributed by atoms with Crippen molar-refractivity contribution >= 4 is 22.5 Å². The number of hydrogen-bond acceptors (Lipinski definition) is 3. The highest BCUT2D eigenvalue weighted by Gasteiger charge is 2.12. The molecule has 0 amide bonds. The fourth-order valence-electron chi connectivity index (χ4n) is 1.93. The number of halogens is 1. The molecule has 1 N–H and O–H groups in total. The third kappa shape index (κ3) is 2.26. The van der Waals surface area contributed by atoms with Crippen LogP contribution in [0.5, 0.6) is 0 Å². The normalized spacial score (nSPS) is 11.4. The van der Waals surface area contributed by atoms with Crippen LogP contribution >= 0.6 is 11.6 Å². The van der Waals surface area contributed by atoms with Crippen LogP contribution in [0.4, 0.5) is 0 Å². The number of aliphatic hydroxyl groups excluding tert-OH is 1. The number of rotatable bonds is 3. The van der Waals surface area contributed by atoms with Crippen LogP contribution in [-0.4, -0.2) is 21.5 Å². The van der Waals surface area contributed by atoms with Crippen LogP contribution in [0.2, 0.25) is 5.02 Å². The van der Waals surface area contributed by atoms with Gasteiger partial charge in [0.1, 0.15) is 5.69 Å². The lowest BCUT2D eigenvalue weighted by molar-refractivity contribution is 0.296. The highest BCUT2D eigenvalue weighted by Crippen LogP contribution is 2.19. The summed E-state index contributed by atoms with van der Waals surface area (Å²) in [7, 11) is 0. The number of fused-ring (bicyclic) bond motifs is 1. The third-order valence-electron chi connectivity index (χ3n) is 2.78. The second-order valence-electron chi connectivity index (χ2n) is 4.45. The molecule has 2 aromatic rings. The van der Waals surface area contributed by atoms with Crippen molar-refractivity contribution < 1.29 is 5.11 Å². The van der Waals surface area contributed by atoms with Gasteiger partial charge in [0.05, 0.1) is 5.52 Å². The van der Waals surface area contributed by atoms with Gasteiger partial charge in [-0.1, -0.05) is 11.6 Å². The molecule has 2 rings (SSSR count). The standard InChI is InChI=1S/C13H15ClN2O2/c1-8(2)16-12-7-9(14)3-4-10(12)13(18)11(15-16)5-6-17/h3-4,7-8,17H,5-6H2,1-2H3. The van der Waals surface area contributed by atoms with Gasteiger partial charge in [-0.3, -0.25) is 9.48 Å². The molecule has 96 valence electrons. The molecule has 1 aromatic carbocycles. The molecule has 4 nitrogen and oxygen atoms in total. The Morgan fingerprint density at radius 3 is 2.78 bits per heavy atom. The van der Waals surface area contributed by atoms with Crippen molar-refractivity contribution in [2.24, 2.45) is 0 Å². The molecule has 5 heteroatoms. The Morgan fingerprint density at radius 2 is 2.17 bits per heavy atom. The molecule has 1 heterocycles. The lowest BCUT2D eigenvalue weighted by Crippen LogP contribution is -2.21. The minimum Gasteiger partial charge on any atom is -0.396 e. The lowest BCUT2D eigenvalue weighted by Gasteiger charge is -2.15. The average Bonchev–Trinajstić information content (AvgIpc) is 2.32. The van der Waals surface area contributed by atoms with Crippen molar-refractivity contribution in [3.8, 4) is 0 Å². The van der Waals surface area contributed by atoms with Crippen molar-refractivity contribution in [3.05, 3.63) is 39.1 Å². The molecular formula is C13H15ClN2O2. The molecule has 0 atom stereocenters. The molecule has 1 aromatic heterocycles. The summed E-state index contributed by atoms with van der Waals surface area (Å²) in [6.45, 7) is 3.89. The quantitative estimate of drug-likeness (QED) is 0.926. The second kappa shape index (κ2) is 5.08. The predicted octanol–water partition coefficient (Wildman–Crippen LogP) is 2.17. The Balaban J connectivity index is 2.83. The molecule has 0 saturated heterocycles. The topological polar surface area (TPSA) is 55.1 Å². The van der Waals surface area contributed by atoms with Gasteiger partial charge in [-0.15, -0.1) is 0 Å². The Labute approximate surface area is 110 Å². The van der Waals surface area contributed by atoms with Crippen LogP contribution in [0.25, 0.3) is 10.9 Å². The largest absolute Gasteiger partial charge is 0.396 e. The number of nitrogens with zero attached hydrogens (tertiary/aromatic N) is 2. The Hall–Kier alpha value is -1.39. The van der Waals surface area contributed by atoms with Gasteiger partial charge in [-0.2, -0.15) is 5.10 Å². The number of benzene rings is 1. The van der Waals surface area contributed by atoms with Gasteiger partial charge in [0.2, 0.25) is 5.43 Å². The van der Waals surface area contributed by atoms with E-state index in [0.717, 1.165) is 5.52 Å². The van der Waals surface area contributed by atoms with Crippen molar-refractivity contribution in [1.29, 1.82) is 0 Å². The molecular weight excluding hydrogens is 252 g/mol. The summed E-state index contributed by atoms with van der Waals surface area (Å²) in [5, 5.41) is 14.5. The zero-order valence-corrected chi connectivity index (χ0v) is 11.1. The minimum absolute atomic E-state index is 0.0839. The molecule has 0 spiro atoms. The van der Waals surface area contributed by atoms with Crippen LogP contribution in [0.15, 0.2) is 23.0 Å². The molecule has 0 aliphatic rings. The van der Waals surface area contributed by atoms with Crippen LogP contribution in [0.3, 0.4) is 0 Å². The first kappa shape index (κ1) is 13.1. The number of aromatic nitrogens is 2. The molecule has 0 saturated carbocycles. The molecule has 0 fully saturated rings. The minimum atomic E-state index is -0.132. The van der Waals surface area contributed by atoms with E-state index in [0.29, 0.717) is 16.1 Å². The summed E-state index contributed by atoms with van der Waals surface area (Å²) >= 11 is 5.97. The lowest BCUT2D eigenvalue weighted by atomic mass is 10.1. The van der Waals surface area contributed by atoms with Crippen molar-refractivity contribution in [3.63, 3.8) is 0 Å². The van der Waals surface area contributed by atoms with E-state index in [1.165, 1.54) is 0 Å². The summed E-state index contributed by atoms with van der Waals surface area (Å²) in [5.41, 5.74) is 0.984. The van der Waals surface area contributed by atoms with Crippen LogP contribution in [0.1, 0.15) is 25.6 Å². The van der Waals surface area contributed by atoms with Gasteiger partial charge < -0.3 is 5.11 Å². The van der Waals surface area contributed by atoms with E-state index in [1.54, 1.807) is 22.9 Å². The van der Waals surface area contributed by atoms with Gasteiger partial charge in [-0.05, 0) is 32.0 Å². The maximum Gasteiger partial charge on any atom is 0.211 e. The molecule has 0 radical (unpaired) electrons. The predicted molar refractivity (Wildman–Crippen MR) is 72.2 cm³/mol. The van der Waals surface area contributed by atoms with Crippen LogP contribution in [-0.2, 0) is 6.42 Å². The average molecular weight is 267 g/mol. The van der Waals surface area contributed by atoms with Gasteiger partial charge in [0.15, 0.2) is 0 Å². The zero-order chi connectivity index (χ0) is 13.3. The van der Waals surface area contributed by atoms with E-state index < -0.39 is 0 Å².